The van der Waals surface area contributed by atoms with E-state index in [0.717, 1.165) is 0 Å². The van der Waals surface area contributed by atoms with Crippen LogP contribution in [0.25, 0.3) is 0 Å². The first-order valence-corrected chi connectivity index (χ1v) is 20.6. The number of aliphatic carboxylic acids is 2. The largest absolute Gasteiger partial charge is 0.481 e. The summed E-state index contributed by atoms with van der Waals surface area (Å²) in [6.45, 7) is 3.17. The predicted molar refractivity (Wildman–Crippen MR) is 226 cm³/mol. The Labute approximate surface area is 368 Å². The fourth-order valence-corrected chi connectivity index (χ4v) is 5.33. The zero-order valence-electron chi connectivity index (χ0n) is 35.7. The summed E-state index contributed by atoms with van der Waals surface area (Å²) in [7, 11) is 0. The number of carbonyl (C=O) groups is 10. The smallest absolute Gasteiger partial charge is 0.338 e. The number of rotatable bonds is 31. The highest BCUT2D eigenvalue weighted by Gasteiger charge is 2.32. The van der Waals surface area contributed by atoms with Crippen LogP contribution in [-0.2, 0) is 47.9 Å². The number of carbonyl (C=O) groups excluding carboxylic acids is 8. The van der Waals surface area contributed by atoms with Gasteiger partial charge in [-0.2, -0.15) is 12.6 Å². The molecule has 0 fully saturated rings. The van der Waals surface area contributed by atoms with E-state index in [1.165, 1.54) is 6.92 Å². The Morgan fingerprint density at radius 3 is 1.57 bits per heavy atom. The zero-order chi connectivity index (χ0) is 48.2. The zero-order valence-corrected chi connectivity index (χ0v) is 36.6. The molecule has 27 nitrogen and oxygen atoms in total. The monoisotopic (exact) mass is 920 g/mol. The first kappa shape index (κ1) is 56.5. The fraction of sp³-hybridized carbons (Fsp3) is 0.657. The minimum absolute atomic E-state index is 0.0389. The highest BCUT2D eigenvalue weighted by molar-refractivity contribution is 7.80. The Morgan fingerprint density at radius 2 is 1.06 bits per heavy atom. The van der Waals surface area contributed by atoms with Gasteiger partial charge in [0.2, 0.25) is 41.4 Å². The van der Waals surface area contributed by atoms with Gasteiger partial charge < -0.3 is 58.5 Å². The third-order valence-corrected chi connectivity index (χ3v) is 9.43. The van der Waals surface area contributed by atoms with Crippen molar-refractivity contribution < 1.29 is 73.9 Å². The molecule has 23 N–H and O–H groups in total. The first-order valence-electron chi connectivity index (χ1n) is 20.0. The average molecular weight is 921 g/mol. The molecule has 0 aliphatic rings. The van der Waals surface area contributed by atoms with Crippen molar-refractivity contribution in [3.8, 4) is 0 Å². The van der Waals surface area contributed by atoms with E-state index in [4.69, 9.17) is 22.9 Å². The Bertz CT molecular complexity index is 1660. The lowest BCUT2D eigenvalue weighted by atomic mass is 9.97. The molecule has 8 amide bonds. The van der Waals surface area contributed by atoms with Crippen molar-refractivity contribution in [2.24, 2.45) is 28.9 Å². The Kier molecular flexibility index (Phi) is 27.4. The van der Waals surface area contributed by atoms with Crippen LogP contribution in [0.5, 0.6) is 0 Å². The molecule has 7 atom stereocenters. The minimum atomic E-state index is -1.55. The summed E-state index contributed by atoms with van der Waals surface area (Å²) in [6.07, 6.45) is -0.365. The maximum absolute atomic E-state index is 13.6. The van der Waals surface area contributed by atoms with Crippen molar-refractivity contribution in [2.45, 2.75) is 102 Å². The topological polar surface area (TPSA) is 467 Å². The predicted octanol–water partition coefficient (Wildman–Crippen LogP) is -11.4. The number of hydrogen-bond donors (Lipinski definition) is 18. The molecule has 0 heterocycles. The van der Waals surface area contributed by atoms with Gasteiger partial charge in [0.1, 0.15) is 30.2 Å². The van der Waals surface area contributed by atoms with E-state index < -0.39 is 134 Å². The van der Waals surface area contributed by atoms with Crippen LogP contribution in [0.2, 0.25) is 0 Å². The van der Waals surface area contributed by atoms with Crippen molar-refractivity contribution >= 4 is 83.7 Å². The summed E-state index contributed by atoms with van der Waals surface area (Å²) in [5.74, 6) is -9.69. The molecule has 0 aromatic carbocycles. The van der Waals surface area contributed by atoms with Crippen LogP contribution >= 0.6 is 12.6 Å². The van der Waals surface area contributed by atoms with Crippen LogP contribution in [0.15, 0.2) is 0 Å². The lowest BCUT2D eigenvalue weighted by Gasteiger charge is -2.26. The van der Waals surface area contributed by atoms with Gasteiger partial charge in [0.15, 0.2) is 6.04 Å². The normalized spacial score (nSPS) is 13.9. The van der Waals surface area contributed by atoms with Crippen LogP contribution in [0.3, 0.4) is 0 Å². The number of amides is 8. The van der Waals surface area contributed by atoms with Crippen molar-refractivity contribution in [1.29, 1.82) is 0 Å². The van der Waals surface area contributed by atoms with Gasteiger partial charge in [-0.25, -0.2) is 0 Å². The van der Waals surface area contributed by atoms with Gasteiger partial charge in [-0.15, -0.1) is 0 Å². The molecular formula is C35H66N15O12S+3. The number of quaternary nitrogens is 1. The van der Waals surface area contributed by atoms with Gasteiger partial charge in [0.05, 0.1) is 38.5 Å². The van der Waals surface area contributed by atoms with E-state index in [2.05, 4.69) is 70.9 Å². The SMILES string of the molecule is CC[C@H](C)[C@H](NC(=O)CNC(=O)CNC(=O)[C@@H]([NH3+])CS)C(=O)N[C@@H](CCC[NH+]=C(N)N)C(=O)NCC(=O)N[C@@H](CCC(=O)O)C(=O)N[C@@H](CCC[NH+]=C(N)N)C(=O)N[C@@H](C)C(=O)O. The van der Waals surface area contributed by atoms with Crippen molar-refractivity contribution in [2.75, 3.05) is 38.5 Å². The van der Waals surface area contributed by atoms with E-state index in [9.17, 15) is 58.2 Å². The summed E-state index contributed by atoms with van der Waals surface area (Å²) >= 11 is 3.97. The second-order valence-corrected chi connectivity index (χ2v) is 14.7. The van der Waals surface area contributed by atoms with E-state index >= 15 is 0 Å². The second-order valence-electron chi connectivity index (χ2n) is 14.3. The maximum atomic E-state index is 13.6. The standard InChI is InChI=1S/C35H63N15O12S/c1-4-17(2)27(50-25(53)14-43-23(51)13-44-28(56)19(36)16-63)32(60)49-20(7-5-11-41-34(37)38)29(57)45-15-24(52)47-22(9-10-26(54)55)31(59)48-21(8-6-12-42-35(39)40)30(58)46-18(3)33(61)62/h17-22,27,63H,4-16,36H2,1-3H3,(H,43,51)(H,44,56)(H,45,57)(H,46,58)(H,47,52)(H,48,59)(H,49,60)(H,50,53)(H,54,55)(H,61,62)(H4,37,38,41)(H4,39,40,42)/p+3/t17-,18-,19-,20-,21-,22-,27-/m0/s1. The summed E-state index contributed by atoms with van der Waals surface area (Å²) in [5, 5.41) is 37.6. The quantitative estimate of drug-likeness (QED) is 0.0133. The first-order chi connectivity index (χ1) is 29.5. The fourth-order valence-electron chi connectivity index (χ4n) is 5.16. The van der Waals surface area contributed by atoms with Gasteiger partial charge in [-0.1, -0.05) is 20.3 Å². The van der Waals surface area contributed by atoms with Crippen molar-refractivity contribution in [3.05, 3.63) is 0 Å². The van der Waals surface area contributed by atoms with Gasteiger partial charge in [0.25, 0.3) is 5.91 Å². The lowest BCUT2D eigenvalue weighted by molar-refractivity contribution is -0.460. The molecule has 0 saturated heterocycles. The number of nitrogens with one attached hydrogen (secondary N) is 10. The molecule has 0 aromatic heterocycles. The number of nitrogens with two attached hydrogens (primary N) is 4. The molecule has 63 heavy (non-hydrogen) atoms. The molecule has 0 spiro atoms. The van der Waals surface area contributed by atoms with E-state index in [0.29, 0.717) is 6.42 Å². The lowest BCUT2D eigenvalue weighted by Crippen LogP contribution is -2.78. The molecule has 28 heteroatoms. The van der Waals surface area contributed by atoms with Gasteiger partial charge in [0, 0.05) is 6.42 Å². The summed E-state index contributed by atoms with van der Waals surface area (Å²) in [4.78, 5) is 132. The van der Waals surface area contributed by atoms with E-state index in [1.807, 2.05) is 0 Å². The van der Waals surface area contributed by atoms with Gasteiger partial charge >= 0.3 is 23.9 Å². The Balaban J connectivity index is 6.01. The minimum Gasteiger partial charge on any atom is -0.481 e. The van der Waals surface area contributed by atoms with Gasteiger partial charge in [-0.3, -0.25) is 80.9 Å². The molecule has 0 bridgehead atoms. The van der Waals surface area contributed by atoms with Crippen LogP contribution in [0.4, 0.5) is 0 Å². The summed E-state index contributed by atoms with van der Waals surface area (Å²) in [6, 6.07) is -7.45. The number of carboxylic acid groups (broad SMARTS) is 2. The highest BCUT2D eigenvalue weighted by atomic mass is 32.1. The van der Waals surface area contributed by atoms with Crippen LogP contribution in [0, 0.1) is 5.92 Å². The molecule has 0 aromatic rings. The molecular weight excluding hydrogens is 855 g/mol. The molecule has 0 aliphatic carbocycles. The van der Waals surface area contributed by atoms with Crippen molar-refractivity contribution in [1.82, 2.24) is 42.5 Å². The van der Waals surface area contributed by atoms with E-state index in [-0.39, 0.29) is 56.4 Å². The third kappa shape index (κ3) is 25.2. The number of thiol groups is 1. The molecule has 0 aliphatic heterocycles. The third-order valence-electron chi connectivity index (χ3n) is 8.99. The molecule has 0 saturated carbocycles. The van der Waals surface area contributed by atoms with Crippen molar-refractivity contribution in [3.63, 3.8) is 0 Å². The highest BCUT2D eigenvalue weighted by Crippen LogP contribution is 2.10. The van der Waals surface area contributed by atoms with Crippen LogP contribution < -0.4 is 81.2 Å². The summed E-state index contributed by atoms with van der Waals surface area (Å²) < 4.78 is 0. The van der Waals surface area contributed by atoms with Gasteiger partial charge in [-0.05, 0) is 44.9 Å². The number of hydrogen-bond acceptors (Lipinski definition) is 11. The van der Waals surface area contributed by atoms with E-state index in [1.54, 1.807) is 13.8 Å². The van der Waals surface area contributed by atoms with Crippen LogP contribution in [-0.4, -0.2) is 156 Å². The summed E-state index contributed by atoms with van der Waals surface area (Å²) in [5.41, 5.74) is 25.2. The second kappa shape index (κ2) is 30.6. The molecule has 0 radical (unpaired) electrons. The molecule has 0 unspecified atom stereocenters. The Hall–Kier alpha value is -6.45. The number of carboxylic acids is 2. The van der Waals surface area contributed by atoms with Crippen LogP contribution in [0.1, 0.15) is 65.7 Å². The molecule has 356 valence electrons. The molecule has 0 rings (SSSR count). The average Bonchev–Trinajstić information content (AvgIpc) is 3.22. The Morgan fingerprint density at radius 1 is 0.603 bits per heavy atom. The maximum Gasteiger partial charge on any atom is 0.338 e. The number of guanidine groups is 2.